The van der Waals surface area contributed by atoms with Crippen LogP contribution in [0.25, 0.3) is 0 Å². The van der Waals surface area contributed by atoms with E-state index in [1.54, 1.807) is 14.7 Å². The molecule has 3 amide bonds. The quantitative estimate of drug-likeness (QED) is 0.554. The first-order chi connectivity index (χ1) is 15.8. The number of hydrogen-bond donors (Lipinski definition) is 1. The monoisotopic (exact) mass is 459 g/mol. The smallest absolute Gasteiger partial charge is 0.249 e. The van der Waals surface area contributed by atoms with E-state index in [0.717, 1.165) is 19.3 Å². The lowest BCUT2D eigenvalue weighted by Gasteiger charge is -2.37. The maximum atomic E-state index is 13.9. The molecule has 0 bridgehead atoms. The molecule has 0 aromatic rings. The van der Waals surface area contributed by atoms with Gasteiger partial charge in [-0.2, -0.15) is 0 Å². The van der Waals surface area contributed by atoms with E-state index in [4.69, 9.17) is 4.74 Å². The summed E-state index contributed by atoms with van der Waals surface area (Å²) in [6.07, 6.45) is 10.7. The summed E-state index contributed by atoms with van der Waals surface area (Å²) in [7, 11) is 0. The van der Waals surface area contributed by atoms with Crippen molar-refractivity contribution in [3.8, 4) is 0 Å². The van der Waals surface area contributed by atoms with E-state index in [-0.39, 0.29) is 30.9 Å². The summed E-state index contributed by atoms with van der Waals surface area (Å²) < 4.78 is 6.74. The number of hydrogen-bond acceptors (Lipinski definition) is 5. The highest BCUT2D eigenvalue weighted by Gasteiger charge is 2.74. The van der Waals surface area contributed by atoms with Gasteiger partial charge in [0.2, 0.25) is 17.7 Å². The molecule has 8 nitrogen and oxygen atoms in total. The molecule has 2 saturated heterocycles. The van der Waals surface area contributed by atoms with Crippen molar-refractivity contribution in [1.82, 2.24) is 14.7 Å². The topological polar surface area (TPSA) is 90.4 Å². The molecule has 182 valence electrons. The van der Waals surface area contributed by atoms with Crippen LogP contribution in [0.15, 0.2) is 24.3 Å². The van der Waals surface area contributed by atoms with Crippen molar-refractivity contribution in [2.45, 2.75) is 63.7 Å². The molecule has 4 rings (SSSR count). The fourth-order valence-corrected chi connectivity index (χ4v) is 6.12. The van der Waals surface area contributed by atoms with Gasteiger partial charge in [-0.1, -0.05) is 44.6 Å². The maximum absolute atomic E-state index is 13.9. The summed E-state index contributed by atoms with van der Waals surface area (Å²) in [6, 6.07) is -0.832. The van der Waals surface area contributed by atoms with E-state index in [9.17, 15) is 19.5 Å². The van der Waals surface area contributed by atoms with Gasteiger partial charge in [0.25, 0.3) is 0 Å². The Kier molecular flexibility index (Phi) is 6.69. The van der Waals surface area contributed by atoms with Crippen molar-refractivity contribution < 1.29 is 24.2 Å². The predicted octanol–water partition coefficient (Wildman–Crippen LogP) is 1.35. The highest BCUT2D eigenvalue weighted by molar-refractivity contribution is 6.00. The van der Waals surface area contributed by atoms with Gasteiger partial charge in [0.05, 0.1) is 17.4 Å². The van der Waals surface area contributed by atoms with Crippen LogP contribution in [0.3, 0.4) is 0 Å². The second-order valence-corrected chi connectivity index (χ2v) is 9.83. The number of nitrogens with zero attached hydrogens (tertiary/aromatic N) is 3. The van der Waals surface area contributed by atoms with Crippen LogP contribution in [-0.4, -0.2) is 94.1 Å². The standard InChI is InChI=1S/C25H37N3O5/c1-4-6-13-27-15-8-11-25-19(22(31)28(16-9-17-29)20(25)23(27)32)18-21(30)26(12-5-2)14-7-10-24(18,3)33-25/h7-8,10-11,18-20,29H,4-6,9,12-17H2,1-3H3/t18-,19-,20?,24+,25-/m0/s1. The Labute approximate surface area is 196 Å². The minimum Gasteiger partial charge on any atom is -0.396 e. The number of amides is 3. The third-order valence-electron chi connectivity index (χ3n) is 7.56. The van der Waals surface area contributed by atoms with Gasteiger partial charge >= 0.3 is 0 Å². The van der Waals surface area contributed by atoms with Gasteiger partial charge in [-0.25, -0.2) is 0 Å². The van der Waals surface area contributed by atoms with Crippen molar-refractivity contribution in [2.75, 3.05) is 39.3 Å². The third-order valence-corrected chi connectivity index (χ3v) is 7.56. The molecule has 4 aliphatic rings. The number of aliphatic hydroxyl groups excluding tert-OH is 1. The Balaban J connectivity index is 1.80. The van der Waals surface area contributed by atoms with Crippen molar-refractivity contribution in [1.29, 1.82) is 0 Å². The molecular formula is C25H37N3O5. The molecule has 8 heteroatoms. The van der Waals surface area contributed by atoms with E-state index >= 15 is 0 Å². The molecule has 4 aliphatic heterocycles. The summed E-state index contributed by atoms with van der Waals surface area (Å²) in [4.78, 5) is 46.7. The highest BCUT2D eigenvalue weighted by atomic mass is 16.5. The molecule has 0 aromatic carbocycles. The second-order valence-electron chi connectivity index (χ2n) is 9.83. The zero-order valence-electron chi connectivity index (χ0n) is 20.0. The molecule has 33 heavy (non-hydrogen) atoms. The normalized spacial score (nSPS) is 35.6. The van der Waals surface area contributed by atoms with Crippen LogP contribution >= 0.6 is 0 Å². The first kappa shape index (κ1) is 24.0. The molecule has 1 N–H and O–H groups in total. The third kappa shape index (κ3) is 3.71. The van der Waals surface area contributed by atoms with Gasteiger partial charge < -0.3 is 24.5 Å². The van der Waals surface area contributed by atoms with Crippen LogP contribution in [0.5, 0.6) is 0 Å². The van der Waals surface area contributed by atoms with Crippen molar-refractivity contribution >= 4 is 17.7 Å². The summed E-state index contributed by atoms with van der Waals surface area (Å²) >= 11 is 0. The van der Waals surface area contributed by atoms with Crippen molar-refractivity contribution in [2.24, 2.45) is 11.8 Å². The summed E-state index contributed by atoms with van der Waals surface area (Å²) in [5, 5.41) is 9.45. The highest BCUT2D eigenvalue weighted by Crippen LogP contribution is 2.57. The zero-order valence-corrected chi connectivity index (χ0v) is 20.0. The largest absolute Gasteiger partial charge is 0.396 e. The number of carbonyl (C=O) groups excluding carboxylic acids is 3. The van der Waals surface area contributed by atoms with Gasteiger partial charge in [0.1, 0.15) is 11.6 Å². The Morgan fingerprint density at radius 2 is 1.61 bits per heavy atom. The number of unbranched alkanes of at least 4 members (excludes halogenated alkanes) is 1. The summed E-state index contributed by atoms with van der Waals surface area (Å²) in [5.74, 6) is -1.92. The lowest BCUT2D eigenvalue weighted by molar-refractivity contribution is -0.152. The molecular weight excluding hydrogens is 422 g/mol. The first-order valence-electron chi connectivity index (χ1n) is 12.4. The minimum atomic E-state index is -1.20. The van der Waals surface area contributed by atoms with Crippen LogP contribution in [0.4, 0.5) is 0 Å². The van der Waals surface area contributed by atoms with Gasteiger partial charge in [-0.3, -0.25) is 14.4 Å². The maximum Gasteiger partial charge on any atom is 0.249 e. The fraction of sp³-hybridized carbons (Fsp3) is 0.720. The number of carbonyl (C=O) groups is 3. The molecule has 0 radical (unpaired) electrons. The predicted molar refractivity (Wildman–Crippen MR) is 123 cm³/mol. The number of ether oxygens (including phenoxy) is 1. The van der Waals surface area contributed by atoms with Crippen molar-refractivity contribution in [3.63, 3.8) is 0 Å². The molecule has 2 fully saturated rings. The Morgan fingerprint density at radius 3 is 2.27 bits per heavy atom. The Bertz CT molecular complexity index is 857. The summed E-state index contributed by atoms with van der Waals surface area (Å²) in [5.41, 5.74) is -2.16. The van der Waals surface area contributed by atoms with Gasteiger partial charge in [-0.15, -0.1) is 0 Å². The van der Waals surface area contributed by atoms with E-state index < -0.39 is 29.1 Å². The van der Waals surface area contributed by atoms with Crippen molar-refractivity contribution in [3.05, 3.63) is 24.3 Å². The van der Waals surface area contributed by atoms with Gasteiger partial charge in [-0.05, 0) is 26.2 Å². The minimum absolute atomic E-state index is 0.0777. The molecule has 5 atom stereocenters. The molecule has 1 unspecified atom stereocenters. The average Bonchev–Trinajstić information content (AvgIpc) is 3.05. The van der Waals surface area contributed by atoms with Crippen LogP contribution in [0, 0.1) is 11.8 Å². The number of aliphatic hydroxyl groups is 1. The molecule has 0 saturated carbocycles. The van der Waals surface area contributed by atoms with Crippen LogP contribution < -0.4 is 0 Å². The van der Waals surface area contributed by atoms with Crippen LogP contribution in [0.1, 0.15) is 46.5 Å². The zero-order chi connectivity index (χ0) is 23.8. The van der Waals surface area contributed by atoms with Gasteiger partial charge in [0, 0.05) is 39.3 Å². The van der Waals surface area contributed by atoms with Crippen LogP contribution in [-0.2, 0) is 19.1 Å². The number of fused-ring (bicyclic) bond motifs is 2. The van der Waals surface area contributed by atoms with E-state index in [0.29, 0.717) is 32.6 Å². The van der Waals surface area contributed by atoms with E-state index in [1.165, 1.54) is 0 Å². The van der Waals surface area contributed by atoms with E-state index in [1.807, 2.05) is 38.2 Å². The van der Waals surface area contributed by atoms with Gasteiger partial charge in [0.15, 0.2) is 0 Å². The number of rotatable bonds is 8. The second kappa shape index (κ2) is 9.22. The molecule has 4 heterocycles. The fourth-order valence-electron chi connectivity index (χ4n) is 6.12. The number of likely N-dealkylation sites (tertiary alicyclic amines) is 1. The lowest BCUT2D eigenvalue weighted by Crippen LogP contribution is -2.56. The Morgan fingerprint density at radius 1 is 0.909 bits per heavy atom. The Hall–Kier alpha value is -2.19. The summed E-state index contributed by atoms with van der Waals surface area (Å²) in [6.45, 7) is 8.34. The van der Waals surface area contributed by atoms with Crippen LogP contribution in [0.2, 0.25) is 0 Å². The lowest BCUT2D eigenvalue weighted by atomic mass is 9.74. The average molecular weight is 460 g/mol. The molecule has 0 aromatic heterocycles. The SMILES string of the molecule is CCCCN1CC=C[C@]23O[C@]4(C)C=CCN(CCC)C(=O)[C@@H]4[C@H]2C(=O)N(CCCO)C3C1=O. The molecule has 1 spiro atoms. The molecule has 0 aliphatic carbocycles. The van der Waals surface area contributed by atoms with E-state index in [2.05, 4.69) is 6.92 Å². The first-order valence-corrected chi connectivity index (χ1v) is 12.4.